The fourth-order valence-electron chi connectivity index (χ4n) is 7.47. The zero-order valence-corrected chi connectivity index (χ0v) is 21.9. The van der Waals surface area contributed by atoms with Gasteiger partial charge in [-0.1, -0.05) is 19.8 Å². The van der Waals surface area contributed by atoms with Crippen molar-refractivity contribution in [2.45, 2.75) is 63.5 Å². The smallest absolute Gasteiger partial charge is 0.249 e. The first-order valence-electron chi connectivity index (χ1n) is 14.3. The van der Waals surface area contributed by atoms with Crippen LogP contribution in [0.4, 0.5) is 5.69 Å². The number of ether oxygens (including phenoxy) is 1. The first-order chi connectivity index (χ1) is 18.0. The van der Waals surface area contributed by atoms with Crippen LogP contribution in [0, 0.1) is 17.8 Å². The SMILES string of the molecule is CCN1CCN(c2ccc(C(N)=O)c([C@@H](C(=O)N3C[C@@H](C4CC4)[C@H]4OCC(=O)[C@H]43)C3CCCC3)c2)CC1. The molecule has 37 heavy (non-hydrogen) atoms. The lowest BCUT2D eigenvalue weighted by Crippen LogP contribution is -2.46. The summed E-state index contributed by atoms with van der Waals surface area (Å²) >= 11 is 0. The molecule has 0 spiro atoms. The fourth-order valence-corrected chi connectivity index (χ4v) is 7.47. The third-order valence-corrected chi connectivity index (χ3v) is 9.69. The van der Waals surface area contributed by atoms with Crippen molar-refractivity contribution < 1.29 is 19.1 Å². The van der Waals surface area contributed by atoms with Crippen LogP contribution in [0.3, 0.4) is 0 Å². The van der Waals surface area contributed by atoms with E-state index in [0.717, 1.165) is 82.5 Å². The van der Waals surface area contributed by atoms with Gasteiger partial charge in [-0.15, -0.1) is 0 Å². The van der Waals surface area contributed by atoms with Gasteiger partial charge in [0.1, 0.15) is 12.6 Å². The number of nitrogens with zero attached hydrogens (tertiary/aromatic N) is 3. The number of fused-ring (bicyclic) bond motifs is 1. The van der Waals surface area contributed by atoms with Gasteiger partial charge in [-0.2, -0.15) is 0 Å². The predicted octanol–water partition coefficient (Wildman–Crippen LogP) is 2.41. The molecule has 4 atom stereocenters. The van der Waals surface area contributed by atoms with Crippen LogP contribution in [0.15, 0.2) is 18.2 Å². The Morgan fingerprint density at radius 1 is 1.08 bits per heavy atom. The number of piperazine rings is 1. The number of carbonyl (C=O) groups is 3. The largest absolute Gasteiger partial charge is 0.369 e. The van der Waals surface area contributed by atoms with Crippen molar-refractivity contribution in [3.63, 3.8) is 0 Å². The highest BCUT2D eigenvalue weighted by atomic mass is 16.5. The van der Waals surface area contributed by atoms with Crippen molar-refractivity contribution in [1.29, 1.82) is 0 Å². The van der Waals surface area contributed by atoms with Crippen LogP contribution in [0.2, 0.25) is 0 Å². The van der Waals surface area contributed by atoms with Gasteiger partial charge in [-0.05, 0) is 67.8 Å². The third kappa shape index (κ3) is 4.56. The summed E-state index contributed by atoms with van der Waals surface area (Å²) in [7, 11) is 0. The quantitative estimate of drug-likeness (QED) is 0.608. The molecule has 0 bridgehead atoms. The average Bonchev–Trinajstić information content (AvgIpc) is 3.29. The average molecular weight is 509 g/mol. The molecule has 1 aromatic carbocycles. The molecule has 1 aromatic rings. The van der Waals surface area contributed by atoms with Crippen LogP contribution in [0.25, 0.3) is 0 Å². The molecule has 5 aliphatic rings. The van der Waals surface area contributed by atoms with Crippen molar-refractivity contribution in [3.8, 4) is 0 Å². The number of carbonyl (C=O) groups excluding carboxylic acids is 3. The van der Waals surface area contributed by atoms with Gasteiger partial charge in [0.25, 0.3) is 0 Å². The standard InChI is InChI=1S/C29H40N4O4/c1-2-31-11-13-32(14-12-31)20-9-10-21(28(30)35)22(15-20)25(19-5-3-4-6-19)29(36)33-16-23(18-7-8-18)27-26(33)24(34)17-37-27/h9-10,15,18-19,23,25-27H,2-8,11-14,16-17H2,1H3,(H2,30,35)/t23-,25-,26+,27+/m0/s1. The van der Waals surface area contributed by atoms with Crippen LogP contribution in [0.5, 0.6) is 0 Å². The van der Waals surface area contributed by atoms with E-state index in [0.29, 0.717) is 18.0 Å². The van der Waals surface area contributed by atoms with E-state index in [9.17, 15) is 14.4 Å². The summed E-state index contributed by atoms with van der Waals surface area (Å²) in [6.45, 7) is 7.72. The van der Waals surface area contributed by atoms with Gasteiger partial charge < -0.3 is 25.2 Å². The first-order valence-corrected chi connectivity index (χ1v) is 14.3. The second-order valence-corrected chi connectivity index (χ2v) is 11.8. The molecule has 5 fully saturated rings. The topological polar surface area (TPSA) is 96.2 Å². The van der Waals surface area contributed by atoms with Crippen molar-refractivity contribution in [3.05, 3.63) is 29.3 Å². The maximum absolute atomic E-state index is 14.5. The molecule has 2 saturated carbocycles. The van der Waals surface area contributed by atoms with Gasteiger partial charge in [-0.25, -0.2) is 0 Å². The molecule has 3 saturated heterocycles. The minimum absolute atomic E-state index is 0.0145. The normalized spacial score (nSPS) is 29.6. The Morgan fingerprint density at radius 2 is 1.81 bits per heavy atom. The molecular weight excluding hydrogens is 468 g/mol. The summed E-state index contributed by atoms with van der Waals surface area (Å²) < 4.78 is 5.94. The molecule has 2 aliphatic carbocycles. The summed E-state index contributed by atoms with van der Waals surface area (Å²) in [5.41, 5.74) is 8.11. The maximum atomic E-state index is 14.5. The number of rotatable bonds is 7. The van der Waals surface area contributed by atoms with E-state index < -0.39 is 17.9 Å². The van der Waals surface area contributed by atoms with Gasteiger partial charge in [0, 0.05) is 49.9 Å². The monoisotopic (exact) mass is 508 g/mol. The number of benzene rings is 1. The second-order valence-electron chi connectivity index (χ2n) is 11.8. The van der Waals surface area contributed by atoms with Crippen molar-refractivity contribution in [2.75, 3.05) is 50.8 Å². The van der Waals surface area contributed by atoms with E-state index in [1.54, 1.807) is 0 Å². The summed E-state index contributed by atoms with van der Waals surface area (Å²) in [6.07, 6.45) is 6.19. The molecule has 6 rings (SSSR count). The van der Waals surface area contributed by atoms with Crippen molar-refractivity contribution >= 4 is 23.3 Å². The van der Waals surface area contributed by atoms with Crippen LogP contribution < -0.4 is 10.6 Å². The van der Waals surface area contributed by atoms with Crippen molar-refractivity contribution in [2.24, 2.45) is 23.5 Å². The summed E-state index contributed by atoms with van der Waals surface area (Å²) in [6, 6.07) is 5.37. The van der Waals surface area contributed by atoms with E-state index in [2.05, 4.69) is 22.8 Å². The molecule has 0 radical (unpaired) electrons. The fraction of sp³-hybridized carbons (Fsp3) is 0.690. The van der Waals surface area contributed by atoms with Crippen LogP contribution >= 0.6 is 0 Å². The number of nitrogens with two attached hydrogens (primary N) is 1. The number of primary amides is 1. The highest BCUT2D eigenvalue weighted by Crippen LogP contribution is 2.48. The summed E-state index contributed by atoms with van der Waals surface area (Å²) in [5, 5.41) is 0. The lowest BCUT2D eigenvalue weighted by atomic mass is 9.80. The molecule has 2 N–H and O–H groups in total. The predicted molar refractivity (Wildman–Crippen MR) is 140 cm³/mol. The number of likely N-dealkylation sites (tertiary alicyclic amines) is 1. The Morgan fingerprint density at radius 3 is 2.46 bits per heavy atom. The molecular formula is C29H40N4O4. The lowest BCUT2D eigenvalue weighted by molar-refractivity contribution is -0.138. The first kappa shape index (κ1) is 24.9. The Labute approximate surface area is 219 Å². The number of likely N-dealkylation sites (N-methyl/N-ethyl adjacent to an activating group) is 1. The number of amides is 2. The molecule has 8 nitrogen and oxygen atoms in total. The molecule has 0 unspecified atom stereocenters. The van der Waals surface area contributed by atoms with E-state index >= 15 is 0 Å². The minimum Gasteiger partial charge on any atom is -0.369 e. The number of ketones is 1. The zero-order valence-electron chi connectivity index (χ0n) is 21.9. The maximum Gasteiger partial charge on any atom is 0.249 e. The molecule has 3 heterocycles. The second kappa shape index (κ2) is 10.0. The van der Waals surface area contributed by atoms with Crippen molar-refractivity contribution in [1.82, 2.24) is 9.80 Å². The Kier molecular flexibility index (Phi) is 6.74. The molecule has 200 valence electrons. The third-order valence-electron chi connectivity index (χ3n) is 9.69. The Balaban J connectivity index is 1.36. The Bertz CT molecular complexity index is 1060. The Hall–Kier alpha value is -2.45. The van der Waals surface area contributed by atoms with E-state index in [1.807, 2.05) is 17.0 Å². The van der Waals surface area contributed by atoms with E-state index in [-0.39, 0.29) is 36.2 Å². The van der Waals surface area contributed by atoms with Gasteiger partial charge in [-0.3, -0.25) is 14.4 Å². The van der Waals surface area contributed by atoms with Crippen LogP contribution in [0.1, 0.15) is 67.3 Å². The van der Waals surface area contributed by atoms with E-state index in [1.165, 1.54) is 0 Å². The number of anilines is 1. The van der Waals surface area contributed by atoms with Gasteiger partial charge in [0.05, 0.1) is 12.0 Å². The van der Waals surface area contributed by atoms with Crippen LogP contribution in [-0.4, -0.2) is 85.4 Å². The molecule has 0 aromatic heterocycles. The zero-order chi connectivity index (χ0) is 25.7. The van der Waals surface area contributed by atoms with Gasteiger partial charge >= 0.3 is 0 Å². The molecule has 3 aliphatic heterocycles. The van der Waals surface area contributed by atoms with Gasteiger partial charge in [0.2, 0.25) is 11.8 Å². The van der Waals surface area contributed by atoms with Gasteiger partial charge in [0.15, 0.2) is 5.78 Å². The number of hydrogen-bond acceptors (Lipinski definition) is 6. The lowest BCUT2D eigenvalue weighted by Gasteiger charge is -2.36. The van der Waals surface area contributed by atoms with E-state index in [4.69, 9.17) is 10.5 Å². The highest BCUT2D eigenvalue weighted by molar-refractivity contribution is 5.99. The minimum atomic E-state index is -0.497. The van der Waals surface area contributed by atoms with Crippen LogP contribution in [-0.2, 0) is 14.3 Å². The number of hydrogen-bond donors (Lipinski definition) is 1. The molecule has 8 heteroatoms. The highest BCUT2D eigenvalue weighted by Gasteiger charge is 2.57. The number of Topliss-reactive ketones (excluding diaryl/α,β-unsaturated/α-hetero) is 1. The molecule has 2 amide bonds. The summed E-state index contributed by atoms with van der Waals surface area (Å²) in [5.74, 6) is -0.0244. The summed E-state index contributed by atoms with van der Waals surface area (Å²) in [4.78, 5) is 46.7.